The number of aliphatic hydroxyl groups excluding tert-OH is 2. The number of phosphoric ester groups is 1. The number of methoxy groups -OCH3 is 1. The molecule has 4 rings (SSSR count). The van der Waals surface area contributed by atoms with Crippen molar-refractivity contribution in [2.24, 2.45) is 0 Å². The number of hydroxylamine groups is 1. The number of benzene rings is 1. The first-order chi connectivity index (χ1) is 18.5. The zero-order valence-corrected chi connectivity index (χ0v) is 21.7. The molecule has 0 amide bonds. The number of hydrogen-bond acceptors (Lipinski definition) is 14. The summed E-state index contributed by atoms with van der Waals surface area (Å²) in [5.41, 5.74) is 5.25. The van der Waals surface area contributed by atoms with Crippen LogP contribution in [0.3, 0.4) is 0 Å². The number of aromatic nitrogens is 4. The van der Waals surface area contributed by atoms with Crippen LogP contribution < -0.4 is 16.4 Å². The maximum Gasteiger partial charge on any atom is 0.532 e. The van der Waals surface area contributed by atoms with E-state index in [1.54, 1.807) is 30.3 Å². The molecule has 3 heterocycles. The van der Waals surface area contributed by atoms with E-state index in [4.69, 9.17) is 29.1 Å². The third-order valence-electron chi connectivity index (χ3n) is 5.84. The highest BCUT2D eigenvalue weighted by Crippen LogP contribution is 2.47. The number of phosphoric acid groups is 1. The molecular formula is C21H27N6O11P. The maximum atomic E-state index is 12.7. The van der Waals surface area contributed by atoms with E-state index in [0.29, 0.717) is 5.69 Å². The number of nitrogens with one attached hydrogen (secondary N) is 1. The zero-order valence-electron chi connectivity index (χ0n) is 20.8. The van der Waals surface area contributed by atoms with Crippen LogP contribution in [-0.2, 0) is 32.7 Å². The number of carbonyl (C=O) groups excluding carboxylic acids is 1. The number of fused-ring (bicyclic) bond motifs is 1. The maximum absolute atomic E-state index is 12.7. The van der Waals surface area contributed by atoms with Gasteiger partial charge in [-0.25, -0.2) is 23.9 Å². The average Bonchev–Trinajstić information content (AvgIpc) is 3.44. The predicted molar refractivity (Wildman–Crippen MR) is 132 cm³/mol. The van der Waals surface area contributed by atoms with Crippen molar-refractivity contribution in [3.63, 3.8) is 0 Å². The summed E-state index contributed by atoms with van der Waals surface area (Å²) in [7, 11) is -2.80. The van der Waals surface area contributed by atoms with Crippen molar-refractivity contribution in [1.82, 2.24) is 19.5 Å². The average molecular weight is 570 g/mol. The van der Waals surface area contributed by atoms with Crippen LogP contribution in [-0.4, -0.2) is 85.5 Å². The first-order valence-electron chi connectivity index (χ1n) is 11.4. The number of hydrogen-bond donors (Lipinski definition) is 5. The van der Waals surface area contributed by atoms with E-state index in [9.17, 15) is 29.3 Å². The van der Waals surface area contributed by atoms with E-state index in [0.717, 1.165) is 23.1 Å². The van der Waals surface area contributed by atoms with E-state index in [2.05, 4.69) is 15.0 Å². The summed E-state index contributed by atoms with van der Waals surface area (Å²) in [5.74, 6) is -1.40. The molecule has 1 aliphatic rings. The monoisotopic (exact) mass is 570 g/mol. The number of carbonyl (C=O) groups is 1. The van der Waals surface area contributed by atoms with Crippen LogP contribution in [0.25, 0.3) is 11.2 Å². The number of nitrogens with two attached hydrogens (primary N) is 1. The summed E-state index contributed by atoms with van der Waals surface area (Å²) >= 11 is 0. The van der Waals surface area contributed by atoms with E-state index in [-0.39, 0.29) is 17.1 Å². The smallest absolute Gasteiger partial charge is 0.387 e. The van der Waals surface area contributed by atoms with Gasteiger partial charge in [-0.1, -0.05) is 18.2 Å². The molecule has 1 fully saturated rings. The quantitative estimate of drug-likeness (QED) is 0.116. The number of rotatable bonds is 10. The topological polar surface area (TPSA) is 234 Å². The molecule has 2 unspecified atom stereocenters. The molecule has 1 saturated heterocycles. The van der Waals surface area contributed by atoms with Gasteiger partial charge in [0, 0.05) is 7.11 Å². The number of nitrogens with zero attached hydrogens (tertiary/aromatic N) is 4. The number of H-pyrrole nitrogens is 1. The van der Waals surface area contributed by atoms with Crippen molar-refractivity contribution in [2.75, 3.05) is 25.0 Å². The van der Waals surface area contributed by atoms with Crippen LogP contribution in [0, 0.1) is 0 Å². The Hall–Kier alpha value is -3.41. The predicted octanol–water partition coefficient (Wildman–Crippen LogP) is -0.590. The molecule has 0 aliphatic carbocycles. The van der Waals surface area contributed by atoms with Gasteiger partial charge in [0.1, 0.15) is 18.3 Å². The lowest BCUT2D eigenvalue weighted by Gasteiger charge is -2.28. The minimum atomic E-state index is -5.17. The molecule has 0 radical (unpaired) electrons. The second-order valence-electron chi connectivity index (χ2n) is 8.36. The van der Waals surface area contributed by atoms with Gasteiger partial charge < -0.3 is 29.9 Å². The second-order valence-corrected chi connectivity index (χ2v) is 9.69. The first kappa shape index (κ1) is 28.6. The van der Waals surface area contributed by atoms with Crippen molar-refractivity contribution in [3.05, 3.63) is 47.0 Å². The van der Waals surface area contributed by atoms with Crippen molar-refractivity contribution in [2.45, 2.75) is 43.8 Å². The van der Waals surface area contributed by atoms with Gasteiger partial charge in [-0.2, -0.15) is 4.98 Å². The van der Waals surface area contributed by atoms with Crippen LogP contribution in [0.2, 0.25) is 0 Å². The minimum absolute atomic E-state index is 0.0557. The van der Waals surface area contributed by atoms with Gasteiger partial charge in [0.2, 0.25) is 5.95 Å². The molecule has 39 heavy (non-hydrogen) atoms. The lowest BCUT2D eigenvalue weighted by atomic mass is 10.1. The van der Waals surface area contributed by atoms with E-state index in [1.807, 2.05) is 0 Å². The van der Waals surface area contributed by atoms with Crippen molar-refractivity contribution >= 4 is 36.6 Å². The Balaban J connectivity index is 1.48. The van der Waals surface area contributed by atoms with Crippen LogP contribution in [0.5, 0.6) is 0 Å². The van der Waals surface area contributed by atoms with Crippen LogP contribution in [0.1, 0.15) is 13.2 Å². The number of aliphatic hydroxyl groups is 2. The number of imidazole rings is 1. The summed E-state index contributed by atoms with van der Waals surface area (Å²) in [5, 5.41) is 22.4. The molecule has 0 saturated carbocycles. The van der Waals surface area contributed by atoms with Crippen LogP contribution in [0.15, 0.2) is 41.5 Å². The molecule has 0 spiro atoms. The normalized spacial score (nSPS) is 24.3. The fraction of sp³-hybridized carbons (Fsp3) is 0.429. The van der Waals surface area contributed by atoms with Crippen molar-refractivity contribution in [1.29, 1.82) is 0 Å². The lowest BCUT2D eigenvalue weighted by Crippen LogP contribution is -2.41. The highest BCUT2D eigenvalue weighted by Gasteiger charge is 2.50. The van der Waals surface area contributed by atoms with Gasteiger partial charge in [0.15, 0.2) is 29.7 Å². The Morgan fingerprint density at radius 2 is 1.95 bits per heavy atom. The summed E-state index contributed by atoms with van der Waals surface area (Å²) in [6.45, 7) is 1.37. The second kappa shape index (κ2) is 11.4. The third kappa shape index (κ3) is 5.80. The number of aromatic amines is 1. The van der Waals surface area contributed by atoms with E-state index < -0.39 is 56.2 Å². The molecular weight excluding hydrogens is 543 g/mol. The summed E-state index contributed by atoms with van der Waals surface area (Å²) in [6, 6.07) is 7.27. The Kier molecular flexibility index (Phi) is 8.34. The molecule has 1 aliphatic heterocycles. The van der Waals surface area contributed by atoms with Crippen LogP contribution >= 0.6 is 7.82 Å². The van der Waals surface area contributed by atoms with Crippen molar-refractivity contribution < 1.29 is 47.8 Å². The first-order valence-corrected chi connectivity index (χ1v) is 12.9. The highest BCUT2D eigenvalue weighted by molar-refractivity contribution is 7.48. The van der Waals surface area contributed by atoms with Gasteiger partial charge in [-0.15, -0.1) is 0 Å². The molecule has 212 valence electrons. The number of ether oxygens (including phenoxy) is 2. The Morgan fingerprint density at radius 3 is 2.59 bits per heavy atom. The number of para-hydroxylation sites is 1. The molecule has 18 heteroatoms. The summed E-state index contributed by atoms with van der Waals surface area (Å²) < 4.78 is 34.3. The lowest BCUT2D eigenvalue weighted by molar-refractivity contribution is -0.178. The van der Waals surface area contributed by atoms with Gasteiger partial charge >= 0.3 is 13.8 Å². The van der Waals surface area contributed by atoms with E-state index >= 15 is 0 Å². The van der Waals surface area contributed by atoms with Gasteiger partial charge in [0.05, 0.1) is 19.1 Å². The zero-order chi connectivity index (χ0) is 28.5. The Morgan fingerprint density at radius 1 is 1.26 bits per heavy atom. The van der Waals surface area contributed by atoms with Gasteiger partial charge in [0.25, 0.3) is 5.56 Å². The molecule has 0 bridgehead atoms. The molecule has 1 aromatic carbocycles. The molecule has 7 atom stereocenters. The molecule has 17 nitrogen and oxygen atoms in total. The fourth-order valence-corrected chi connectivity index (χ4v) is 4.90. The Labute approximate surface area is 220 Å². The summed E-state index contributed by atoms with van der Waals surface area (Å²) in [4.78, 5) is 50.4. The SMILES string of the molecule is COC(OP(=O)(O)OC(=O)[C@H](C)N(OC)c1ccccc1)[C@H]1O[C@@H](n2cnc3c(=O)[nH]c(N)nc32)[C@H](O)[C@@H]1O. The van der Waals surface area contributed by atoms with Gasteiger partial charge in [-0.05, 0) is 19.1 Å². The summed E-state index contributed by atoms with van der Waals surface area (Å²) in [6.07, 6.45) is -7.00. The Bertz CT molecular complexity index is 1420. The standard InChI is InChI=1S/C21H27N6O11P/c1-10(27(35-3)11-7-5-4-6-8-11)19(31)37-39(32,33)38-20(34-2)15-13(28)14(29)18(36-15)26-9-23-12-16(26)24-21(22)25-17(12)30/h4-10,13-15,18,20,28-29H,1-3H3,(H,32,33)(H3,22,24,25,30)/t10-,13-,14+,15-,18+,20?/m0/s1. The fourth-order valence-electron chi connectivity index (χ4n) is 4.01. The molecule has 2 aromatic heterocycles. The molecule has 6 N–H and O–H groups in total. The van der Waals surface area contributed by atoms with Gasteiger partial charge in [-0.3, -0.25) is 24.1 Å². The van der Waals surface area contributed by atoms with Crippen LogP contribution in [0.4, 0.5) is 11.6 Å². The van der Waals surface area contributed by atoms with Crippen molar-refractivity contribution in [3.8, 4) is 0 Å². The minimum Gasteiger partial charge on any atom is -0.387 e. The highest BCUT2D eigenvalue weighted by atomic mass is 31.2. The molecule has 3 aromatic rings. The largest absolute Gasteiger partial charge is 0.532 e. The number of anilines is 2. The third-order valence-corrected chi connectivity index (χ3v) is 6.73. The number of nitrogen functional groups attached to an aromatic ring is 1. The van der Waals surface area contributed by atoms with E-state index in [1.165, 1.54) is 14.0 Å².